The molecule has 1 aromatic heterocycles. The predicted octanol–water partition coefficient (Wildman–Crippen LogP) is 2.27. The molecule has 0 radical (unpaired) electrons. The summed E-state index contributed by atoms with van der Waals surface area (Å²) >= 11 is 0. The van der Waals surface area contributed by atoms with E-state index in [0.29, 0.717) is 17.8 Å². The molecule has 1 fully saturated rings. The minimum Gasteiger partial charge on any atom is -0.341 e. The molecule has 25 heavy (non-hydrogen) atoms. The Bertz CT molecular complexity index is 767. The molecule has 6 heteroatoms. The van der Waals surface area contributed by atoms with Gasteiger partial charge in [-0.15, -0.1) is 12.4 Å². The number of carbonyl (C=O) groups is 1. The second-order valence-electron chi connectivity index (χ2n) is 6.46. The van der Waals surface area contributed by atoms with E-state index in [1.165, 1.54) is 6.07 Å². The molecule has 2 aromatic rings. The van der Waals surface area contributed by atoms with E-state index in [9.17, 15) is 9.59 Å². The van der Waals surface area contributed by atoms with Gasteiger partial charge in [0.25, 0.3) is 0 Å². The maximum absolute atomic E-state index is 12.6. The Labute approximate surface area is 154 Å². The van der Waals surface area contributed by atoms with E-state index in [1.807, 2.05) is 33.7 Å². The van der Waals surface area contributed by atoms with Crippen LogP contribution < -0.4 is 10.7 Å². The Kier molecular flexibility index (Phi) is 7.02. The predicted molar refractivity (Wildman–Crippen MR) is 103 cm³/mol. The van der Waals surface area contributed by atoms with Crippen molar-refractivity contribution in [3.8, 4) is 0 Å². The van der Waals surface area contributed by atoms with Crippen LogP contribution in [0.15, 0.2) is 41.3 Å². The first-order valence-corrected chi connectivity index (χ1v) is 8.75. The Morgan fingerprint density at radius 2 is 1.92 bits per heavy atom. The van der Waals surface area contributed by atoms with Crippen molar-refractivity contribution in [3.63, 3.8) is 0 Å². The van der Waals surface area contributed by atoms with Gasteiger partial charge >= 0.3 is 0 Å². The average molecular weight is 364 g/mol. The van der Waals surface area contributed by atoms with Crippen LogP contribution in [-0.2, 0) is 11.3 Å². The highest BCUT2D eigenvalue weighted by Crippen LogP contribution is 2.17. The summed E-state index contributed by atoms with van der Waals surface area (Å²) in [5, 5.41) is 4.05. The number of carbonyl (C=O) groups excluding carboxylic acids is 1. The van der Waals surface area contributed by atoms with Crippen LogP contribution in [0.4, 0.5) is 0 Å². The third-order valence-electron chi connectivity index (χ3n) is 4.84. The zero-order chi connectivity index (χ0) is 16.9. The molecule has 0 atom stereocenters. The highest BCUT2D eigenvalue weighted by Gasteiger charge is 2.22. The largest absolute Gasteiger partial charge is 0.341 e. The summed E-state index contributed by atoms with van der Waals surface area (Å²) in [6.07, 6.45) is 3.84. The second-order valence-corrected chi connectivity index (χ2v) is 6.46. The Morgan fingerprint density at radius 3 is 2.64 bits per heavy atom. The van der Waals surface area contributed by atoms with Crippen LogP contribution in [0.25, 0.3) is 10.9 Å². The SMILES string of the molecule is CCNCC1CCN(C(=O)Cn2ccc(=O)c3ccccc32)CC1.Cl. The molecule has 136 valence electrons. The fourth-order valence-electron chi connectivity index (χ4n) is 3.38. The zero-order valence-corrected chi connectivity index (χ0v) is 15.4. The summed E-state index contributed by atoms with van der Waals surface area (Å²) in [5.74, 6) is 0.799. The number of amides is 1. The van der Waals surface area contributed by atoms with Crippen molar-refractivity contribution in [2.45, 2.75) is 26.3 Å². The molecule has 0 spiro atoms. The summed E-state index contributed by atoms with van der Waals surface area (Å²) in [6, 6.07) is 9.00. The van der Waals surface area contributed by atoms with Gasteiger partial charge < -0.3 is 14.8 Å². The lowest BCUT2D eigenvalue weighted by Gasteiger charge is -2.32. The molecule has 0 unspecified atom stereocenters. The van der Waals surface area contributed by atoms with E-state index in [4.69, 9.17) is 0 Å². The molecule has 0 aliphatic carbocycles. The molecule has 1 amide bonds. The molecule has 1 N–H and O–H groups in total. The van der Waals surface area contributed by atoms with Crippen LogP contribution >= 0.6 is 12.4 Å². The van der Waals surface area contributed by atoms with Gasteiger partial charge in [-0.2, -0.15) is 0 Å². The smallest absolute Gasteiger partial charge is 0.242 e. The van der Waals surface area contributed by atoms with Crippen LogP contribution in [-0.4, -0.2) is 41.6 Å². The van der Waals surface area contributed by atoms with Crippen molar-refractivity contribution < 1.29 is 4.79 Å². The fourth-order valence-corrected chi connectivity index (χ4v) is 3.38. The first kappa shape index (κ1) is 19.5. The lowest BCUT2D eigenvalue weighted by molar-refractivity contribution is -0.133. The van der Waals surface area contributed by atoms with Gasteiger partial charge in [0.1, 0.15) is 6.54 Å². The van der Waals surface area contributed by atoms with Crippen molar-refractivity contribution in [2.75, 3.05) is 26.2 Å². The number of para-hydroxylation sites is 1. The lowest BCUT2D eigenvalue weighted by atomic mass is 9.97. The normalized spacial score (nSPS) is 15.2. The number of aromatic nitrogens is 1. The number of pyridine rings is 1. The maximum atomic E-state index is 12.6. The number of nitrogens with one attached hydrogen (secondary N) is 1. The number of fused-ring (bicyclic) bond motifs is 1. The third kappa shape index (κ3) is 4.61. The summed E-state index contributed by atoms with van der Waals surface area (Å²) in [4.78, 5) is 26.5. The van der Waals surface area contributed by atoms with E-state index in [0.717, 1.165) is 44.5 Å². The number of hydrogen-bond acceptors (Lipinski definition) is 3. The molecule has 3 rings (SSSR count). The van der Waals surface area contributed by atoms with Gasteiger partial charge in [0, 0.05) is 30.7 Å². The summed E-state index contributed by atoms with van der Waals surface area (Å²) in [5.41, 5.74) is 0.818. The second kappa shape index (κ2) is 9.02. The Hall–Kier alpha value is -1.85. The average Bonchev–Trinajstić information content (AvgIpc) is 2.63. The van der Waals surface area contributed by atoms with Crippen LogP contribution in [0.3, 0.4) is 0 Å². The van der Waals surface area contributed by atoms with Crippen molar-refractivity contribution >= 4 is 29.2 Å². The van der Waals surface area contributed by atoms with E-state index in [-0.39, 0.29) is 23.7 Å². The van der Waals surface area contributed by atoms with Gasteiger partial charge in [-0.1, -0.05) is 19.1 Å². The van der Waals surface area contributed by atoms with Crippen LogP contribution in [0.5, 0.6) is 0 Å². The standard InChI is InChI=1S/C19H25N3O2.ClH/c1-2-20-13-15-7-10-21(11-8-15)19(24)14-22-12-9-18(23)16-5-3-4-6-17(16)22;/h3-6,9,12,15,20H,2,7-8,10-11,13-14H2,1H3;1H. The lowest BCUT2D eigenvalue weighted by Crippen LogP contribution is -2.42. The Balaban J connectivity index is 0.00000225. The van der Waals surface area contributed by atoms with Gasteiger partial charge in [-0.05, 0) is 44.0 Å². The number of likely N-dealkylation sites (tertiary alicyclic amines) is 1. The van der Waals surface area contributed by atoms with E-state index < -0.39 is 0 Å². The van der Waals surface area contributed by atoms with Crippen molar-refractivity contribution in [1.29, 1.82) is 0 Å². The van der Waals surface area contributed by atoms with Crippen molar-refractivity contribution in [1.82, 2.24) is 14.8 Å². The maximum Gasteiger partial charge on any atom is 0.242 e. The first-order chi connectivity index (χ1) is 11.7. The van der Waals surface area contributed by atoms with Crippen LogP contribution in [0, 0.1) is 5.92 Å². The third-order valence-corrected chi connectivity index (χ3v) is 4.84. The molecule has 1 aromatic carbocycles. The van der Waals surface area contributed by atoms with Crippen LogP contribution in [0.1, 0.15) is 19.8 Å². The molecule has 1 aliphatic rings. The first-order valence-electron chi connectivity index (χ1n) is 8.75. The minimum atomic E-state index is -0.00135. The summed E-state index contributed by atoms with van der Waals surface area (Å²) < 4.78 is 1.88. The quantitative estimate of drug-likeness (QED) is 0.886. The van der Waals surface area contributed by atoms with E-state index >= 15 is 0 Å². The zero-order valence-electron chi connectivity index (χ0n) is 14.6. The molecule has 1 saturated heterocycles. The molecular formula is C19H26ClN3O2. The molecule has 5 nitrogen and oxygen atoms in total. The van der Waals surface area contributed by atoms with Crippen LogP contribution in [0.2, 0.25) is 0 Å². The van der Waals surface area contributed by atoms with Crippen molar-refractivity contribution in [3.05, 3.63) is 46.8 Å². The minimum absolute atomic E-state index is 0. The van der Waals surface area contributed by atoms with Gasteiger partial charge in [0.2, 0.25) is 5.91 Å². The van der Waals surface area contributed by atoms with E-state index in [1.54, 1.807) is 6.20 Å². The highest BCUT2D eigenvalue weighted by molar-refractivity contribution is 5.85. The number of hydrogen-bond donors (Lipinski definition) is 1. The van der Waals surface area contributed by atoms with Gasteiger partial charge in [-0.3, -0.25) is 9.59 Å². The monoisotopic (exact) mass is 363 g/mol. The molecular weight excluding hydrogens is 338 g/mol. The molecule has 1 aliphatic heterocycles. The topological polar surface area (TPSA) is 54.3 Å². The Morgan fingerprint density at radius 1 is 1.20 bits per heavy atom. The molecule has 2 heterocycles. The summed E-state index contributed by atoms with van der Waals surface area (Å²) in [6.45, 7) is 6.10. The number of halogens is 1. The number of benzene rings is 1. The number of nitrogens with zero attached hydrogens (tertiary/aromatic N) is 2. The van der Waals surface area contributed by atoms with Crippen molar-refractivity contribution in [2.24, 2.45) is 5.92 Å². The molecule has 0 bridgehead atoms. The van der Waals surface area contributed by atoms with Gasteiger partial charge in [0.05, 0.1) is 5.52 Å². The fraction of sp³-hybridized carbons (Fsp3) is 0.474. The summed E-state index contributed by atoms with van der Waals surface area (Å²) in [7, 11) is 0. The number of piperidine rings is 1. The van der Waals surface area contributed by atoms with Gasteiger partial charge in [0.15, 0.2) is 5.43 Å². The molecule has 0 saturated carbocycles. The van der Waals surface area contributed by atoms with E-state index in [2.05, 4.69) is 12.2 Å². The number of rotatable bonds is 5. The highest BCUT2D eigenvalue weighted by atomic mass is 35.5. The van der Waals surface area contributed by atoms with Gasteiger partial charge in [-0.25, -0.2) is 0 Å².